The summed E-state index contributed by atoms with van der Waals surface area (Å²) in [5, 5.41) is 0. The third-order valence-corrected chi connectivity index (χ3v) is 1.18. The van der Waals surface area contributed by atoms with E-state index in [2.05, 4.69) is 9.72 Å². The molecule has 1 aromatic heterocycles. The van der Waals surface area contributed by atoms with Crippen molar-refractivity contribution in [3.63, 3.8) is 0 Å². The van der Waals surface area contributed by atoms with Gasteiger partial charge in [-0.05, 0) is 6.07 Å². The minimum Gasteiger partial charge on any atom is -0.492 e. The number of hydrogen-bond acceptors (Lipinski definition) is 3. The number of carbonyl (C=O) groups excluding carboxylic acids is 1. The molecule has 1 heterocycles. The molecule has 3 nitrogen and oxygen atoms in total. The molecule has 4 heteroatoms. The Balaban J connectivity index is 3.12. The van der Waals surface area contributed by atoms with Crippen molar-refractivity contribution in [2.45, 2.75) is 0 Å². The van der Waals surface area contributed by atoms with E-state index in [4.69, 9.17) is 0 Å². The normalized spacial score (nSPS) is 9.27. The smallest absolute Gasteiger partial charge is 0.255 e. The molecular formula is C7H6FNO2. The number of pyridine rings is 1. The molecule has 0 amide bonds. The van der Waals surface area contributed by atoms with Crippen molar-refractivity contribution in [2.24, 2.45) is 0 Å². The van der Waals surface area contributed by atoms with Crippen molar-refractivity contribution in [1.29, 1.82) is 0 Å². The van der Waals surface area contributed by atoms with Gasteiger partial charge in [0, 0.05) is 11.8 Å². The zero-order chi connectivity index (χ0) is 8.27. The highest BCUT2D eigenvalue weighted by molar-refractivity contribution is 5.74. The second kappa shape index (κ2) is 3.09. The van der Waals surface area contributed by atoms with Gasteiger partial charge in [-0.3, -0.25) is 4.79 Å². The van der Waals surface area contributed by atoms with Crippen molar-refractivity contribution in [3.8, 4) is 5.75 Å². The first kappa shape index (κ1) is 7.65. The lowest BCUT2D eigenvalue weighted by Gasteiger charge is -1.99. The van der Waals surface area contributed by atoms with Gasteiger partial charge in [-0.2, -0.15) is 4.39 Å². The molecule has 0 aromatic carbocycles. The highest BCUT2D eigenvalue weighted by Crippen LogP contribution is 2.13. The van der Waals surface area contributed by atoms with Gasteiger partial charge in [-0.1, -0.05) is 0 Å². The fraction of sp³-hybridized carbons (Fsp3) is 0.143. The summed E-state index contributed by atoms with van der Waals surface area (Å²) in [6, 6.07) is 1.29. The Morgan fingerprint density at radius 1 is 1.73 bits per heavy atom. The lowest BCUT2D eigenvalue weighted by Crippen LogP contribution is -1.93. The second-order valence-electron chi connectivity index (χ2n) is 1.88. The van der Waals surface area contributed by atoms with Gasteiger partial charge in [0.1, 0.15) is 0 Å². The van der Waals surface area contributed by atoms with Crippen molar-refractivity contribution in [3.05, 3.63) is 23.8 Å². The SMILES string of the molecule is COc1cc(C=O)cnc1F. The largest absolute Gasteiger partial charge is 0.492 e. The lowest BCUT2D eigenvalue weighted by molar-refractivity contribution is 0.112. The maximum Gasteiger partial charge on any atom is 0.255 e. The van der Waals surface area contributed by atoms with Crippen LogP contribution in [0.1, 0.15) is 10.4 Å². The van der Waals surface area contributed by atoms with E-state index < -0.39 is 5.95 Å². The van der Waals surface area contributed by atoms with E-state index in [0.29, 0.717) is 11.8 Å². The molecule has 0 saturated heterocycles. The van der Waals surface area contributed by atoms with Crippen LogP contribution in [0.25, 0.3) is 0 Å². The van der Waals surface area contributed by atoms with Crippen LogP contribution >= 0.6 is 0 Å². The van der Waals surface area contributed by atoms with E-state index >= 15 is 0 Å². The molecule has 58 valence electrons. The minimum atomic E-state index is -0.710. The molecule has 0 aliphatic rings. The highest BCUT2D eigenvalue weighted by Gasteiger charge is 2.03. The molecule has 0 unspecified atom stereocenters. The van der Waals surface area contributed by atoms with Crippen LogP contribution < -0.4 is 4.74 Å². The molecule has 0 atom stereocenters. The Labute approximate surface area is 62.8 Å². The standard InChI is InChI=1S/C7H6FNO2/c1-11-6-2-5(4-10)3-9-7(6)8/h2-4H,1H3. The van der Waals surface area contributed by atoms with Crippen molar-refractivity contribution in [1.82, 2.24) is 4.98 Å². The van der Waals surface area contributed by atoms with E-state index in [-0.39, 0.29) is 5.75 Å². The average Bonchev–Trinajstić information content (AvgIpc) is 2.05. The third kappa shape index (κ3) is 1.52. The quantitative estimate of drug-likeness (QED) is 0.473. The number of aldehydes is 1. The molecular weight excluding hydrogens is 149 g/mol. The van der Waals surface area contributed by atoms with Gasteiger partial charge in [-0.15, -0.1) is 0 Å². The molecule has 0 radical (unpaired) electrons. The van der Waals surface area contributed by atoms with E-state index in [1.54, 1.807) is 0 Å². The molecule has 0 aliphatic heterocycles. The maximum atomic E-state index is 12.6. The first-order valence-corrected chi connectivity index (χ1v) is 2.92. The number of halogens is 1. The van der Waals surface area contributed by atoms with Crippen LogP contribution in [0.3, 0.4) is 0 Å². The molecule has 11 heavy (non-hydrogen) atoms. The number of aromatic nitrogens is 1. The zero-order valence-electron chi connectivity index (χ0n) is 5.87. The minimum absolute atomic E-state index is 0.0189. The van der Waals surface area contributed by atoms with Crippen LogP contribution in [-0.4, -0.2) is 18.4 Å². The monoisotopic (exact) mass is 155 g/mol. The van der Waals surface area contributed by atoms with E-state index in [1.807, 2.05) is 0 Å². The van der Waals surface area contributed by atoms with Gasteiger partial charge < -0.3 is 4.74 Å². The summed E-state index contributed by atoms with van der Waals surface area (Å²) in [6.45, 7) is 0. The summed E-state index contributed by atoms with van der Waals surface area (Å²) >= 11 is 0. The van der Waals surface area contributed by atoms with E-state index in [0.717, 1.165) is 6.20 Å². The van der Waals surface area contributed by atoms with Gasteiger partial charge in [0.2, 0.25) is 0 Å². The van der Waals surface area contributed by atoms with Crippen LogP contribution in [0.4, 0.5) is 4.39 Å². The predicted molar refractivity (Wildman–Crippen MR) is 36.1 cm³/mol. The number of ether oxygens (including phenoxy) is 1. The van der Waals surface area contributed by atoms with Gasteiger partial charge in [0.05, 0.1) is 7.11 Å². The number of hydrogen-bond donors (Lipinski definition) is 0. The summed E-state index contributed by atoms with van der Waals surface area (Å²) in [7, 11) is 1.31. The van der Waals surface area contributed by atoms with Gasteiger partial charge in [0.25, 0.3) is 5.95 Å². The second-order valence-corrected chi connectivity index (χ2v) is 1.88. The fourth-order valence-electron chi connectivity index (χ4n) is 0.651. The first-order chi connectivity index (χ1) is 5.27. The maximum absolute atomic E-state index is 12.6. The molecule has 1 aromatic rings. The molecule has 0 spiro atoms. The number of methoxy groups -OCH3 is 1. The Hall–Kier alpha value is -1.45. The van der Waals surface area contributed by atoms with Crippen LogP contribution in [0.2, 0.25) is 0 Å². The van der Waals surface area contributed by atoms with Crippen molar-refractivity contribution in [2.75, 3.05) is 7.11 Å². The van der Waals surface area contributed by atoms with Crippen LogP contribution in [0, 0.1) is 5.95 Å². The Bertz CT molecular complexity index is 275. The average molecular weight is 155 g/mol. The predicted octanol–water partition coefficient (Wildman–Crippen LogP) is 1.04. The first-order valence-electron chi connectivity index (χ1n) is 2.92. The van der Waals surface area contributed by atoms with Crippen LogP contribution in [-0.2, 0) is 0 Å². The summed E-state index contributed by atoms with van der Waals surface area (Å²) < 4.78 is 17.1. The topological polar surface area (TPSA) is 39.2 Å². The van der Waals surface area contributed by atoms with E-state index in [9.17, 15) is 9.18 Å². The fourth-order valence-corrected chi connectivity index (χ4v) is 0.651. The number of nitrogens with zero attached hydrogens (tertiary/aromatic N) is 1. The van der Waals surface area contributed by atoms with Crippen molar-refractivity contribution < 1.29 is 13.9 Å². The zero-order valence-corrected chi connectivity index (χ0v) is 5.87. The Morgan fingerprint density at radius 3 is 3.00 bits per heavy atom. The molecule has 0 N–H and O–H groups in total. The third-order valence-electron chi connectivity index (χ3n) is 1.18. The Morgan fingerprint density at radius 2 is 2.45 bits per heavy atom. The van der Waals surface area contributed by atoms with Crippen molar-refractivity contribution >= 4 is 6.29 Å². The highest BCUT2D eigenvalue weighted by atomic mass is 19.1. The van der Waals surface area contributed by atoms with Gasteiger partial charge in [0.15, 0.2) is 12.0 Å². The van der Waals surface area contributed by atoms with Gasteiger partial charge >= 0.3 is 0 Å². The molecule has 1 rings (SSSR count). The summed E-state index contributed by atoms with van der Waals surface area (Å²) in [6.07, 6.45) is 1.72. The summed E-state index contributed by atoms with van der Waals surface area (Å²) in [4.78, 5) is 13.5. The molecule has 0 fully saturated rings. The lowest BCUT2D eigenvalue weighted by atomic mass is 10.3. The summed E-state index contributed by atoms with van der Waals surface area (Å²) in [5.74, 6) is -0.729. The number of rotatable bonds is 2. The van der Waals surface area contributed by atoms with Crippen LogP contribution in [0.15, 0.2) is 12.3 Å². The molecule has 0 saturated carbocycles. The Kier molecular flexibility index (Phi) is 2.15. The molecule has 0 bridgehead atoms. The van der Waals surface area contributed by atoms with Gasteiger partial charge in [-0.25, -0.2) is 4.98 Å². The van der Waals surface area contributed by atoms with E-state index in [1.165, 1.54) is 13.2 Å². The number of carbonyl (C=O) groups is 1. The molecule has 0 aliphatic carbocycles. The summed E-state index contributed by atoms with van der Waals surface area (Å²) in [5.41, 5.74) is 0.295. The van der Waals surface area contributed by atoms with Crippen LogP contribution in [0.5, 0.6) is 5.75 Å².